The Kier molecular flexibility index (Phi) is 7.64. The van der Waals surface area contributed by atoms with Gasteiger partial charge < -0.3 is 16.2 Å². The molecule has 10 heteroatoms. The second-order valence-corrected chi connectivity index (χ2v) is 11.1. The van der Waals surface area contributed by atoms with E-state index in [1.807, 2.05) is 0 Å². The van der Waals surface area contributed by atoms with Crippen LogP contribution in [0, 0.1) is 0 Å². The maximum Gasteiger partial charge on any atom is 0.253 e. The van der Waals surface area contributed by atoms with Crippen molar-refractivity contribution in [3.8, 4) is 0 Å². The summed E-state index contributed by atoms with van der Waals surface area (Å²) in [5, 5.41) is 12.8. The number of halogens is 2. The van der Waals surface area contributed by atoms with Crippen LogP contribution in [0.2, 0.25) is 5.02 Å². The van der Waals surface area contributed by atoms with Gasteiger partial charge >= 0.3 is 0 Å². The number of nitrogens with zero attached hydrogens (tertiary/aromatic N) is 1. The van der Waals surface area contributed by atoms with Gasteiger partial charge in [-0.25, -0.2) is 8.42 Å². The zero-order chi connectivity index (χ0) is 22.8. The molecular formula is C21H25BrClN3O4S. The maximum absolute atomic E-state index is 12.8. The zero-order valence-corrected chi connectivity index (χ0v) is 20.2. The van der Waals surface area contributed by atoms with E-state index in [4.69, 9.17) is 17.3 Å². The van der Waals surface area contributed by atoms with Crippen molar-refractivity contribution in [1.29, 1.82) is 0 Å². The molecule has 0 saturated carbocycles. The van der Waals surface area contributed by atoms with Crippen LogP contribution in [0.1, 0.15) is 34.8 Å². The molecule has 0 radical (unpaired) electrons. The van der Waals surface area contributed by atoms with Crippen LogP contribution < -0.4 is 11.1 Å². The number of rotatable bonds is 7. The highest BCUT2D eigenvalue weighted by Crippen LogP contribution is 2.27. The van der Waals surface area contributed by atoms with Gasteiger partial charge in [-0.3, -0.25) is 9.69 Å². The first kappa shape index (κ1) is 24.0. The van der Waals surface area contributed by atoms with Crippen LogP contribution >= 0.6 is 27.5 Å². The Morgan fingerprint density at radius 3 is 2.71 bits per heavy atom. The average Bonchev–Trinajstić information content (AvgIpc) is 3.13. The first-order valence-corrected chi connectivity index (χ1v) is 12.7. The predicted octanol–water partition coefficient (Wildman–Crippen LogP) is 2.97. The number of sulfone groups is 1. The molecule has 1 aliphatic heterocycles. The molecule has 1 saturated heterocycles. The second kappa shape index (κ2) is 9.87. The van der Waals surface area contributed by atoms with E-state index in [0.29, 0.717) is 34.9 Å². The van der Waals surface area contributed by atoms with Crippen molar-refractivity contribution in [3.05, 3.63) is 56.5 Å². The van der Waals surface area contributed by atoms with Crippen LogP contribution in [-0.4, -0.2) is 49.3 Å². The monoisotopic (exact) mass is 529 g/mol. The molecule has 1 amide bonds. The minimum Gasteiger partial charge on any atom is -0.398 e. The summed E-state index contributed by atoms with van der Waals surface area (Å²) in [5.74, 6) is -0.466. The summed E-state index contributed by atoms with van der Waals surface area (Å²) in [6.07, 6.45) is 0.432. The molecule has 0 spiro atoms. The lowest BCUT2D eigenvalue weighted by atomic mass is 10.1. The molecule has 4 N–H and O–H groups in total. The molecule has 168 valence electrons. The molecule has 1 aliphatic rings. The van der Waals surface area contributed by atoms with E-state index in [9.17, 15) is 18.3 Å². The number of likely N-dealkylation sites (tertiary alicyclic amines) is 1. The molecule has 31 heavy (non-hydrogen) atoms. The van der Waals surface area contributed by atoms with Gasteiger partial charge in [0.1, 0.15) is 0 Å². The van der Waals surface area contributed by atoms with E-state index in [2.05, 4.69) is 26.1 Å². The highest BCUT2D eigenvalue weighted by atomic mass is 79.9. The highest BCUT2D eigenvalue weighted by molar-refractivity contribution is 9.10. The number of amides is 1. The van der Waals surface area contributed by atoms with Gasteiger partial charge in [-0.15, -0.1) is 0 Å². The molecular weight excluding hydrogens is 506 g/mol. The normalized spacial score (nSPS) is 17.1. The van der Waals surface area contributed by atoms with Gasteiger partial charge in [-0.1, -0.05) is 34.5 Å². The lowest BCUT2D eigenvalue weighted by Gasteiger charge is -2.18. The van der Waals surface area contributed by atoms with Crippen molar-refractivity contribution in [2.75, 3.05) is 24.6 Å². The number of hydrogen-bond acceptors (Lipinski definition) is 6. The van der Waals surface area contributed by atoms with E-state index in [1.165, 1.54) is 18.2 Å². The van der Waals surface area contributed by atoms with E-state index in [-0.39, 0.29) is 23.3 Å². The number of nitrogen functional groups attached to an aromatic ring is 1. The van der Waals surface area contributed by atoms with Crippen LogP contribution in [0.4, 0.5) is 5.69 Å². The van der Waals surface area contributed by atoms with E-state index >= 15 is 0 Å². The first-order chi connectivity index (χ1) is 14.6. The number of anilines is 1. The minimum atomic E-state index is -3.46. The molecule has 1 atom stereocenters. The summed E-state index contributed by atoms with van der Waals surface area (Å²) < 4.78 is 25.4. The highest BCUT2D eigenvalue weighted by Gasteiger charge is 2.22. The number of nitrogens with one attached hydrogen (secondary N) is 1. The minimum absolute atomic E-state index is 0.00155. The van der Waals surface area contributed by atoms with Gasteiger partial charge in [0.2, 0.25) is 0 Å². The average molecular weight is 531 g/mol. The summed E-state index contributed by atoms with van der Waals surface area (Å²) in [5.41, 5.74) is 8.10. The van der Waals surface area contributed by atoms with Gasteiger partial charge in [0.05, 0.1) is 22.3 Å². The lowest BCUT2D eigenvalue weighted by Crippen LogP contribution is -2.25. The van der Waals surface area contributed by atoms with Crippen molar-refractivity contribution in [3.63, 3.8) is 0 Å². The summed E-state index contributed by atoms with van der Waals surface area (Å²) in [4.78, 5) is 15.0. The Bertz CT molecular complexity index is 1090. The van der Waals surface area contributed by atoms with Crippen molar-refractivity contribution in [2.24, 2.45) is 0 Å². The van der Waals surface area contributed by atoms with E-state index < -0.39 is 15.7 Å². The molecule has 0 aromatic heterocycles. The molecule has 7 nitrogen and oxygen atoms in total. The number of nitrogens with two attached hydrogens (primary N) is 1. The van der Waals surface area contributed by atoms with Gasteiger partial charge in [-0.05, 0) is 47.9 Å². The van der Waals surface area contributed by atoms with Crippen molar-refractivity contribution in [2.45, 2.75) is 37.4 Å². The third-order valence-electron chi connectivity index (χ3n) is 5.28. The summed E-state index contributed by atoms with van der Waals surface area (Å²) in [6, 6.07) is 7.92. The zero-order valence-electron chi connectivity index (χ0n) is 17.1. The van der Waals surface area contributed by atoms with Gasteiger partial charge in [0, 0.05) is 41.4 Å². The Labute approximate surface area is 195 Å². The first-order valence-electron chi connectivity index (χ1n) is 9.88. The number of carbonyl (C=O) groups is 1. The molecule has 1 heterocycles. The second-order valence-electron chi connectivity index (χ2n) is 7.55. The number of aliphatic hydroxyl groups excluding tert-OH is 1. The van der Waals surface area contributed by atoms with Crippen molar-refractivity contribution >= 4 is 49.0 Å². The van der Waals surface area contributed by atoms with Crippen LogP contribution in [-0.2, 0) is 22.9 Å². The number of benzene rings is 2. The third kappa shape index (κ3) is 5.78. The Hall–Kier alpha value is -1.65. The number of aliphatic hydroxyl groups is 1. The van der Waals surface area contributed by atoms with Crippen LogP contribution in [0.3, 0.4) is 0 Å². The predicted molar refractivity (Wildman–Crippen MR) is 125 cm³/mol. The molecule has 1 fully saturated rings. The lowest BCUT2D eigenvalue weighted by molar-refractivity contribution is 0.0951. The number of carbonyl (C=O) groups excluding carboxylic acids is 1. The Morgan fingerprint density at radius 1 is 1.32 bits per heavy atom. The maximum atomic E-state index is 12.8. The molecule has 2 aromatic rings. The van der Waals surface area contributed by atoms with Gasteiger partial charge in [0.15, 0.2) is 9.84 Å². The van der Waals surface area contributed by atoms with Crippen LogP contribution in [0.15, 0.2) is 39.7 Å². The van der Waals surface area contributed by atoms with Gasteiger partial charge in [0.25, 0.3) is 5.91 Å². The van der Waals surface area contributed by atoms with Gasteiger partial charge in [-0.2, -0.15) is 0 Å². The SMILES string of the molecule is CCS(=O)(=O)c1ccc(Cl)cc1CNC(=O)c1cc(Br)c(CN2CC[C@@H](O)C2)cc1N. The van der Waals surface area contributed by atoms with Crippen molar-refractivity contribution < 1.29 is 18.3 Å². The summed E-state index contributed by atoms with van der Waals surface area (Å²) in [7, 11) is -3.46. The molecule has 2 aromatic carbocycles. The fourth-order valence-electron chi connectivity index (χ4n) is 3.57. The fourth-order valence-corrected chi connectivity index (χ4v) is 5.35. The molecule has 0 aliphatic carbocycles. The smallest absolute Gasteiger partial charge is 0.253 e. The summed E-state index contributed by atoms with van der Waals surface area (Å²) >= 11 is 9.53. The number of β-amino-alcohol motifs (C(OH)–C–C–N with tert-alkyl or cyclic N) is 1. The van der Waals surface area contributed by atoms with Crippen LogP contribution in [0.5, 0.6) is 0 Å². The molecule has 0 bridgehead atoms. The van der Waals surface area contributed by atoms with E-state index in [0.717, 1.165) is 23.0 Å². The Morgan fingerprint density at radius 2 is 2.06 bits per heavy atom. The molecule has 3 rings (SSSR count). The van der Waals surface area contributed by atoms with Crippen molar-refractivity contribution in [1.82, 2.24) is 10.2 Å². The standard InChI is InChI=1S/C21H25BrClN3O4S/c1-2-31(29,30)20-4-3-15(23)7-13(20)10-25-21(28)17-9-18(22)14(8-19(17)24)11-26-6-5-16(27)12-26/h3-4,7-9,16,27H,2,5-6,10-12,24H2,1H3,(H,25,28)/t16-/m1/s1. The summed E-state index contributed by atoms with van der Waals surface area (Å²) in [6.45, 7) is 3.59. The fraction of sp³-hybridized carbons (Fsp3) is 0.381. The largest absolute Gasteiger partial charge is 0.398 e. The molecule has 0 unspecified atom stereocenters. The Balaban J connectivity index is 1.76. The third-order valence-corrected chi connectivity index (χ3v) is 8.08. The number of hydrogen-bond donors (Lipinski definition) is 3. The van der Waals surface area contributed by atoms with Crippen LogP contribution in [0.25, 0.3) is 0 Å². The topological polar surface area (TPSA) is 113 Å². The van der Waals surface area contributed by atoms with E-state index in [1.54, 1.807) is 19.1 Å². The quantitative estimate of drug-likeness (QED) is 0.475.